The van der Waals surface area contributed by atoms with Crippen molar-refractivity contribution in [3.8, 4) is 23.0 Å². The van der Waals surface area contributed by atoms with Gasteiger partial charge in [-0.25, -0.2) is 4.79 Å². The van der Waals surface area contributed by atoms with Crippen LogP contribution in [0.4, 0.5) is 4.79 Å². The largest absolute Gasteiger partial charge is 0.449 e. The summed E-state index contributed by atoms with van der Waals surface area (Å²) in [6, 6.07) is 27.4. The highest BCUT2D eigenvalue weighted by molar-refractivity contribution is 5.95. The molecule has 6 rings (SSSR count). The first kappa shape index (κ1) is 19.6. The van der Waals surface area contributed by atoms with Gasteiger partial charge in [-0.15, -0.1) is 0 Å². The van der Waals surface area contributed by atoms with Gasteiger partial charge in [0.1, 0.15) is 6.61 Å². The zero-order chi connectivity index (χ0) is 22.2. The van der Waals surface area contributed by atoms with E-state index in [9.17, 15) is 4.79 Å². The predicted octanol–water partition coefficient (Wildman–Crippen LogP) is 5.83. The molecule has 2 aliphatic rings. The third-order valence-electron chi connectivity index (χ3n) is 6.76. The first-order valence-electron chi connectivity index (χ1n) is 11.4. The molecule has 33 heavy (non-hydrogen) atoms. The molecule has 0 fully saturated rings. The zero-order valence-corrected chi connectivity index (χ0v) is 18.2. The second-order valence-electron chi connectivity index (χ2n) is 8.59. The number of carbonyl (C=O) groups excluding carboxylic acids is 1. The molecule has 0 saturated heterocycles. The molecular weight excluding hydrogens is 406 g/mol. The lowest BCUT2D eigenvalue weighted by Gasteiger charge is -2.14. The van der Waals surface area contributed by atoms with Crippen molar-refractivity contribution < 1.29 is 9.53 Å². The van der Waals surface area contributed by atoms with Gasteiger partial charge in [-0.1, -0.05) is 84.6 Å². The van der Waals surface area contributed by atoms with E-state index in [2.05, 4.69) is 71.8 Å². The highest BCUT2D eigenvalue weighted by Crippen LogP contribution is 2.44. The van der Waals surface area contributed by atoms with E-state index in [-0.39, 0.29) is 12.5 Å². The van der Waals surface area contributed by atoms with Crippen LogP contribution in [0.5, 0.6) is 0 Å². The van der Waals surface area contributed by atoms with Gasteiger partial charge in [0.15, 0.2) is 0 Å². The van der Waals surface area contributed by atoms with Crippen LogP contribution in [0.15, 0.2) is 78.9 Å². The van der Waals surface area contributed by atoms with Crippen LogP contribution in [0.3, 0.4) is 0 Å². The Labute approximate surface area is 193 Å². The first-order chi connectivity index (χ1) is 16.3. The van der Waals surface area contributed by atoms with E-state index in [1.807, 2.05) is 24.3 Å². The van der Waals surface area contributed by atoms with Crippen molar-refractivity contribution in [1.29, 1.82) is 0 Å². The van der Waals surface area contributed by atoms with Crippen molar-refractivity contribution in [1.82, 2.24) is 5.32 Å². The molecule has 0 heterocycles. The van der Waals surface area contributed by atoms with Crippen LogP contribution in [0, 0.1) is 11.8 Å². The van der Waals surface area contributed by atoms with Gasteiger partial charge in [0.2, 0.25) is 0 Å². The van der Waals surface area contributed by atoms with E-state index in [1.165, 1.54) is 44.2 Å². The lowest BCUT2D eigenvalue weighted by molar-refractivity contribution is 0.144. The van der Waals surface area contributed by atoms with Gasteiger partial charge in [0.25, 0.3) is 0 Å². The lowest BCUT2D eigenvalue weighted by atomic mass is 9.98. The molecule has 0 saturated carbocycles. The van der Waals surface area contributed by atoms with Crippen LogP contribution in [0.1, 0.15) is 33.7 Å². The van der Waals surface area contributed by atoms with Crippen LogP contribution in [0.2, 0.25) is 0 Å². The third kappa shape index (κ3) is 3.45. The Morgan fingerprint density at radius 1 is 0.848 bits per heavy atom. The summed E-state index contributed by atoms with van der Waals surface area (Å²) in [4.78, 5) is 12.3. The Morgan fingerprint density at radius 3 is 2.30 bits per heavy atom. The molecule has 2 aliphatic carbocycles. The minimum absolute atomic E-state index is 0.0581. The van der Waals surface area contributed by atoms with Gasteiger partial charge in [0.05, 0.1) is 6.54 Å². The Kier molecular flexibility index (Phi) is 4.85. The summed E-state index contributed by atoms with van der Waals surface area (Å²) in [6.07, 6.45) is 1.77. The fourth-order valence-electron chi connectivity index (χ4n) is 5.26. The molecule has 0 atom stereocenters. The summed E-state index contributed by atoms with van der Waals surface area (Å²) in [5.41, 5.74) is 8.67. The average molecular weight is 430 g/mol. The van der Waals surface area contributed by atoms with Crippen molar-refractivity contribution in [3.05, 3.63) is 107 Å². The standard InChI is InChI=1S/C30H23NO2/c32-30(33-19-28-26-11-3-1-9-24(26)25-10-2-4-12-27(25)28)31-18-6-8-20-14-15-22-17-16-21-7-5-13-23(20)29(21)22/h1-5,7,9-15,28H,16-19H2,(H,31,32). The molecule has 0 aromatic heterocycles. The number of carbonyl (C=O) groups is 1. The topological polar surface area (TPSA) is 38.3 Å². The molecule has 160 valence electrons. The van der Waals surface area contributed by atoms with E-state index in [0.29, 0.717) is 6.61 Å². The molecule has 1 N–H and O–H groups in total. The van der Waals surface area contributed by atoms with E-state index in [4.69, 9.17) is 4.74 Å². The van der Waals surface area contributed by atoms with Crippen LogP contribution in [-0.2, 0) is 17.6 Å². The minimum Gasteiger partial charge on any atom is -0.449 e. The van der Waals surface area contributed by atoms with Crippen LogP contribution < -0.4 is 5.32 Å². The van der Waals surface area contributed by atoms with Gasteiger partial charge in [-0.3, -0.25) is 0 Å². The fraction of sp³-hybridized carbons (Fsp3) is 0.167. The van der Waals surface area contributed by atoms with Crippen molar-refractivity contribution >= 4 is 16.9 Å². The Hall–Kier alpha value is -4.03. The van der Waals surface area contributed by atoms with Crippen LogP contribution in [0.25, 0.3) is 21.9 Å². The maximum atomic E-state index is 12.3. The van der Waals surface area contributed by atoms with E-state index >= 15 is 0 Å². The normalized spacial score (nSPS) is 13.2. The number of ether oxygens (including phenoxy) is 1. The smallest absolute Gasteiger partial charge is 0.407 e. The highest BCUT2D eigenvalue weighted by atomic mass is 16.5. The summed E-state index contributed by atoms with van der Waals surface area (Å²) in [7, 11) is 0. The molecule has 3 nitrogen and oxygen atoms in total. The van der Waals surface area contributed by atoms with E-state index in [0.717, 1.165) is 18.4 Å². The molecule has 0 radical (unpaired) electrons. The van der Waals surface area contributed by atoms with Crippen LogP contribution >= 0.6 is 0 Å². The van der Waals surface area contributed by atoms with Crippen molar-refractivity contribution in [2.24, 2.45) is 0 Å². The summed E-state index contributed by atoms with van der Waals surface area (Å²) in [5.74, 6) is 6.37. The zero-order valence-electron chi connectivity index (χ0n) is 18.2. The molecule has 4 aromatic rings. The molecule has 0 unspecified atom stereocenters. The Balaban J connectivity index is 1.11. The number of benzene rings is 4. The van der Waals surface area contributed by atoms with Crippen molar-refractivity contribution in [3.63, 3.8) is 0 Å². The second kappa shape index (κ2) is 8.15. The molecular formula is C30H23NO2. The van der Waals surface area contributed by atoms with Gasteiger partial charge < -0.3 is 10.1 Å². The molecule has 0 spiro atoms. The first-order valence-corrected chi connectivity index (χ1v) is 11.4. The number of amides is 1. The number of hydrogen-bond acceptors (Lipinski definition) is 2. The van der Waals surface area contributed by atoms with Crippen LogP contribution in [-0.4, -0.2) is 19.2 Å². The van der Waals surface area contributed by atoms with Gasteiger partial charge in [-0.05, 0) is 63.1 Å². The number of hydrogen-bond donors (Lipinski definition) is 1. The third-order valence-corrected chi connectivity index (χ3v) is 6.76. The second-order valence-corrected chi connectivity index (χ2v) is 8.59. The minimum atomic E-state index is -0.438. The number of alkyl carbamates (subject to hydrolysis) is 1. The number of nitrogens with one attached hydrogen (secondary N) is 1. The highest BCUT2D eigenvalue weighted by Gasteiger charge is 2.28. The lowest BCUT2D eigenvalue weighted by Crippen LogP contribution is -2.26. The molecule has 3 heteroatoms. The number of aryl methyl sites for hydroxylation is 2. The fourth-order valence-corrected chi connectivity index (χ4v) is 5.26. The molecule has 1 amide bonds. The van der Waals surface area contributed by atoms with E-state index in [1.54, 1.807) is 0 Å². The Morgan fingerprint density at radius 2 is 1.55 bits per heavy atom. The van der Waals surface area contributed by atoms with Crippen molar-refractivity contribution in [2.75, 3.05) is 13.2 Å². The average Bonchev–Trinajstić information content (AvgIpc) is 3.42. The molecule has 0 aliphatic heterocycles. The number of rotatable bonds is 3. The summed E-state index contributed by atoms with van der Waals surface area (Å²) < 4.78 is 5.58. The maximum Gasteiger partial charge on any atom is 0.407 e. The monoisotopic (exact) mass is 429 g/mol. The SMILES string of the molecule is O=C(NCC#Cc1ccc2c3c(cccc13)CC2)OCC1c2ccccc2-c2ccccc21. The quantitative estimate of drug-likeness (QED) is 0.416. The summed E-state index contributed by atoms with van der Waals surface area (Å²) in [5, 5.41) is 5.33. The van der Waals surface area contributed by atoms with Gasteiger partial charge >= 0.3 is 6.09 Å². The molecule has 4 aromatic carbocycles. The van der Waals surface area contributed by atoms with E-state index < -0.39 is 6.09 Å². The van der Waals surface area contributed by atoms with Gasteiger partial charge in [0, 0.05) is 11.5 Å². The van der Waals surface area contributed by atoms with Crippen molar-refractivity contribution in [2.45, 2.75) is 18.8 Å². The maximum absolute atomic E-state index is 12.3. The predicted molar refractivity (Wildman–Crippen MR) is 131 cm³/mol. The Bertz CT molecular complexity index is 1400. The summed E-state index contributed by atoms with van der Waals surface area (Å²) >= 11 is 0. The van der Waals surface area contributed by atoms with Gasteiger partial charge in [-0.2, -0.15) is 0 Å². The summed E-state index contributed by atoms with van der Waals surface area (Å²) in [6.45, 7) is 0.557. The molecule has 0 bridgehead atoms. The number of fused-ring (bicyclic) bond motifs is 3.